The lowest BCUT2D eigenvalue weighted by molar-refractivity contribution is 0.0931. The molecule has 0 bridgehead atoms. The summed E-state index contributed by atoms with van der Waals surface area (Å²) in [6.45, 7) is 1.96. The van der Waals surface area contributed by atoms with Crippen LogP contribution >= 0.6 is 23.2 Å². The first-order valence-electron chi connectivity index (χ1n) is 5.28. The highest BCUT2D eigenvalue weighted by atomic mass is 35.5. The van der Waals surface area contributed by atoms with Crippen molar-refractivity contribution in [1.29, 1.82) is 0 Å². The second-order valence-corrected chi connectivity index (χ2v) is 4.50. The van der Waals surface area contributed by atoms with Crippen molar-refractivity contribution in [3.63, 3.8) is 0 Å². The number of nitrogens with one attached hydrogen (secondary N) is 1. The summed E-state index contributed by atoms with van der Waals surface area (Å²) in [5.41, 5.74) is 0.120. The smallest absolute Gasteiger partial charge is 0.271 e. The first-order chi connectivity index (χ1) is 8.04. The van der Waals surface area contributed by atoms with Crippen molar-refractivity contribution in [2.45, 2.75) is 25.8 Å². The van der Waals surface area contributed by atoms with Gasteiger partial charge in [0.2, 0.25) is 0 Å². The summed E-state index contributed by atoms with van der Waals surface area (Å²) in [5, 5.41) is 11.9. The molecule has 17 heavy (non-hydrogen) atoms. The molecule has 0 saturated carbocycles. The van der Waals surface area contributed by atoms with E-state index in [1.54, 1.807) is 0 Å². The fourth-order valence-corrected chi connectivity index (χ4v) is 1.68. The molecule has 1 aromatic heterocycles. The molecule has 1 unspecified atom stereocenters. The highest BCUT2D eigenvalue weighted by Gasteiger charge is 2.14. The molecule has 1 rings (SSSR count). The summed E-state index contributed by atoms with van der Waals surface area (Å²) in [5.74, 6) is -0.358. The Kier molecular flexibility index (Phi) is 5.68. The van der Waals surface area contributed by atoms with E-state index in [1.165, 1.54) is 12.1 Å². The minimum absolute atomic E-state index is 0.0495. The van der Waals surface area contributed by atoms with Gasteiger partial charge in [0.15, 0.2) is 0 Å². The van der Waals surface area contributed by atoms with Gasteiger partial charge in [0, 0.05) is 12.6 Å². The average Bonchev–Trinajstić information content (AvgIpc) is 2.29. The fourth-order valence-electron chi connectivity index (χ4n) is 1.34. The third-order valence-corrected chi connectivity index (χ3v) is 2.72. The molecule has 0 aromatic carbocycles. The number of amides is 1. The van der Waals surface area contributed by atoms with Gasteiger partial charge in [-0.1, -0.05) is 23.2 Å². The van der Waals surface area contributed by atoms with Crippen LogP contribution in [0.4, 0.5) is 0 Å². The zero-order chi connectivity index (χ0) is 12.8. The Balaban J connectivity index is 2.66. The number of hydrogen-bond acceptors (Lipinski definition) is 3. The van der Waals surface area contributed by atoms with Gasteiger partial charge >= 0.3 is 0 Å². The minimum atomic E-state index is -0.358. The maximum atomic E-state index is 11.8. The Labute approximate surface area is 110 Å². The predicted molar refractivity (Wildman–Crippen MR) is 67.5 cm³/mol. The van der Waals surface area contributed by atoms with Gasteiger partial charge in [0.25, 0.3) is 5.91 Å². The van der Waals surface area contributed by atoms with Crippen LogP contribution in [0.15, 0.2) is 12.1 Å². The third-order valence-electron chi connectivity index (χ3n) is 2.20. The van der Waals surface area contributed by atoms with E-state index in [9.17, 15) is 4.79 Å². The van der Waals surface area contributed by atoms with Gasteiger partial charge in [-0.3, -0.25) is 4.79 Å². The Morgan fingerprint density at radius 1 is 1.53 bits per heavy atom. The zero-order valence-electron chi connectivity index (χ0n) is 9.41. The number of pyridine rings is 1. The molecule has 1 heterocycles. The Morgan fingerprint density at radius 2 is 2.24 bits per heavy atom. The zero-order valence-corrected chi connectivity index (χ0v) is 10.9. The van der Waals surface area contributed by atoms with E-state index in [1.807, 2.05) is 6.92 Å². The molecule has 6 heteroatoms. The summed E-state index contributed by atoms with van der Waals surface area (Å²) < 4.78 is 0. The van der Waals surface area contributed by atoms with Crippen LogP contribution in [-0.4, -0.2) is 28.6 Å². The van der Waals surface area contributed by atoms with Gasteiger partial charge < -0.3 is 10.4 Å². The molecule has 0 aliphatic heterocycles. The molecule has 1 amide bonds. The summed E-state index contributed by atoms with van der Waals surface area (Å²) >= 11 is 11.6. The number of aromatic nitrogens is 1. The van der Waals surface area contributed by atoms with E-state index >= 15 is 0 Å². The fraction of sp³-hybridized carbons (Fsp3) is 0.455. The normalized spacial score (nSPS) is 12.2. The highest BCUT2D eigenvalue weighted by molar-refractivity contribution is 6.34. The van der Waals surface area contributed by atoms with Gasteiger partial charge in [0.05, 0.1) is 5.02 Å². The second-order valence-electron chi connectivity index (χ2n) is 3.70. The van der Waals surface area contributed by atoms with Crippen molar-refractivity contribution in [3.05, 3.63) is 28.0 Å². The summed E-state index contributed by atoms with van der Waals surface area (Å²) in [6.07, 6.45) is 1.33. The molecule has 0 spiro atoms. The lowest BCUT2D eigenvalue weighted by Gasteiger charge is -2.13. The SMILES string of the molecule is CC(CCCO)NC(=O)c1nc(Cl)ccc1Cl. The van der Waals surface area contributed by atoms with Gasteiger partial charge in [-0.05, 0) is 31.9 Å². The van der Waals surface area contributed by atoms with E-state index in [-0.39, 0.29) is 34.4 Å². The maximum absolute atomic E-state index is 11.8. The third kappa shape index (κ3) is 4.50. The van der Waals surface area contributed by atoms with Crippen molar-refractivity contribution in [3.8, 4) is 0 Å². The molecule has 0 fully saturated rings. The van der Waals surface area contributed by atoms with Crippen LogP contribution in [0, 0.1) is 0 Å². The van der Waals surface area contributed by atoms with Crippen LogP contribution in [0.1, 0.15) is 30.3 Å². The van der Waals surface area contributed by atoms with Crippen molar-refractivity contribution in [1.82, 2.24) is 10.3 Å². The van der Waals surface area contributed by atoms with Crippen molar-refractivity contribution < 1.29 is 9.90 Å². The van der Waals surface area contributed by atoms with Gasteiger partial charge in [0.1, 0.15) is 10.8 Å². The topological polar surface area (TPSA) is 62.2 Å². The van der Waals surface area contributed by atoms with Gasteiger partial charge in [-0.2, -0.15) is 0 Å². The molecule has 94 valence electrons. The van der Waals surface area contributed by atoms with Crippen LogP contribution < -0.4 is 5.32 Å². The molecule has 1 aromatic rings. The van der Waals surface area contributed by atoms with Crippen LogP contribution in [0.2, 0.25) is 10.2 Å². The van der Waals surface area contributed by atoms with E-state index in [0.717, 1.165) is 0 Å². The van der Waals surface area contributed by atoms with Crippen molar-refractivity contribution in [2.75, 3.05) is 6.61 Å². The van der Waals surface area contributed by atoms with Crippen LogP contribution in [0.5, 0.6) is 0 Å². The Hall–Kier alpha value is -0.840. The number of aliphatic hydroxyl groups excluding tert-OH is 1. The molecule has 0 aliphatic carbocycles. The molecular formula is C11H14Cl2N2O2. The first-order valence-corrected chi connectivity index (χ1v) is 6.04. The number of carbonyl (C=O) groups excluding carboxylic acids is 1. The molecule has 0 aliphatic rings. The number of nitrogens with zero attached hydrogens (tertiary/aromatic N) is 1. The molecule has 4 nitrogen and oxygen atoms in total. The molecular weight excluding hydrogens is 263 g/mol. The summed E-state index contributed by atoms with van der Waals surface area (Å²) in [6, 6.07) is 3.01. The van der Waals surface area contributed by atoms with Gasteiger partial charge in [-0.15, -0.1) is 0 Å². The van der Waals surface area contributed by atoms with Crippen molar-refractivity contribution >= 4 is 29.1 Å². The molecule has 0 saturated heterocycles. The first kappa shape index (κ1) is 14.2. The molecule has 0 radical (unpaired) electrons. The number of aliphatic hydroxyl groups is 1. The lowest BCUT2D eigenvalue weighted by atomic mass is 10.2. The number of hydrogen-bond donors (Lipinski definition) is 2. The molecule has 1 atom stereocenters. The average molecular weight is 277 g/mol. The van der Waals surface area contributed by atoms with Crippen LogP contribution in [0.3, 0.4) is 0 Å². The molecule has 2 N–H and O–H groups in total. The van der Waals surface area contributed by atoms with Crippen LogP contribution in [-0.2, 0) is 0 Å². The van der Waals surface area contributed by atoms with Crippen LogP contribution in [0.25, 0.3) is 0 Å². The lowest BCUT2D eigenvalue weighted by Crippen LogP contribution is -2.33. The quantitative estimate of drug-likeness (QED) is 0.812. The van der Waals surface area contributed by atoms with E-state index in [0.29, 0.717) is 12.8 Å². The Morgan fingerprint density at radius 3 is 2.88 bits per heavy atom. The highest BCUT2D eigenvalue weighted by Crippen LogP contribution is 2.16. The number of carbonyl (C=O) groups is 1. The Bertz CT molecular complexity index is 399. The maximum Gasteiger partial charge on any atom is 0.271 e. The standard InChI is InChI=1S/C11H14Cl2N2O2/c1-7(3-2-6-16)14-11(17)10-8(12)4-5-9(13)15-10/h4-5,7,16H,2-3,6H2,1H3,(H,14,17). The second kappa shape index (κ2) is 6.79. The van der Waals surface area contributed by atoms with E-state index in [4.69, 9.17) is 28.3 Å². The van der Waals surface area contributed by atoms with E-state index < -0.39 is 0 Å². The monoisotopic (exact) mass is 276 g/mol. The van der Waals surface area contributed by atoms with Crippen molar-refractivity contribution in [2.24, 2.45) is 0 Å². The summed E-state index contributed by atoms with van der Waals surface area (Å²) in [7, 11) is 0. The van der Waals surface area contributed by atoms with E-state index in [2.05, 4.69) is 10.3 Å². The largest absolute Gasteiger partial charge is 0.396 e. The number of rotatable bonds is 5. The number of halogens is 2. The minimum Gasteiger partial charge on any atom is -0.396 e. The summed E-state index contributed by atoms with van der Waals surface area (Å²) in [4.78, 5) is 15.7. The predicted octanol–water partition coefficient (Wildman–Crippen LogP) is 2.28. The van der Waals surface area contributed by atoms with Gasteiger partial charge in [-0.25, -0.2) is 4.98 Å².